The Morgan fingerprint density at radius 3 is 3.11 bits per heavy atom. The molecule has 1 aromatic heterocycles. The fourth-order valence-electron chi connectivity index (χ4n) is 1.45. The molecule has 0 aliphatic heterocycles. The number of rotatable bonds is 7. The number of hydrogen-bond donors (Lipinski definition) is 1. The molecular weight excluding hydrogens is 232 g/mol. The number of furan rings is 1. The van der Waals surface area contributed by atoms with Crippen LogP contribution in [0.5, 0.6) is 0 Å². The molecule has 5 heteroatoms. The van der Waals surface area contributed by atoms with E-state index < -0.39 is 5.95 Å². The van der Waals surface area contributed by atoms with Crippen molar-refractivity contribution in [2.75, 3.05) is 6.61 Å². The molecule has 0 fully saturated rings. The standard InChI is InChI=1S/C13H16N2O3/c1-11(7-9-18-13(16)10-15-14)4-2-5-12-6-3-8-17-12/h3,6-8,10H,2,4-5,9H2,1H3/p+1/b11-7-,13-10+. The topological polar surface area (TPSA) is 70.8 Å². The third kappa shape index (κ3) is 5.75. The second-order valence-electron chi connectivity index (χ2n) is 3.88. The van der Waals surface area contributed by atoms with E-state index >= 15 is 0 Å². The minimum Gasteiger partial charge on any atom is -0.476 e. The number of hydrogen-bond acceptors (Lipinski definition) is 4. The summed E-state index contributed by atoms with van der Waals surface area (Å²) in [4.78, 5) is 2.64. The van der Waals surface area contributed by atoms with Crippen molar-refractivity contribution < 1.29 is 14.3 Å². The highest BCUT2D eigenvalue weighted by Gasteiger charge is 1.99. The Morgan fingerprint density at radius 1 is 1.61 bits per heavy atom. The highest BCUT2D eigenvalue weighted by Crippen LogP contribution is 2.10. The average Bonchev–Trinajstić information content (AvgIpc) is 2.82. The molecule has 0 unspecified atom stereocenters. The fourth-order valence-corrected chi connectivity index (χ4v) is 1.45. The lowest BCUT2D eigenvalue weighted by Gasteiger charge is -2.01. The van der Waals surface area contributed by atoms with E-state index in [1.807, 2.05) is 25.1 Å². The molecule has 0 aliphatic rings. The van der Waals surface area contributed by atoms with Crippen LogP contribution in [0.4, 0.5) is 0 Å². The van der Waals surface area contributed by atoms with E-state index in [1.54, 1.807) is 6.26 Å². The van der Waals surface area contributed by atoms with Crippen LogP contribution in [0.3, 0.4) is 0 Å². The molecule has 0 saturated heterocycles. The van der Waals surface area contributed by atoms with E-state index in [0.29, 0.717) is 0 Å². The van der Waals surface area contributed by atoms with Gasteiger partial charge in [-0.1, -0.05) is 5.57 Å². The first-order valence-corrected chi connectivity index (χ1v) is 5.76. The van der Waals surface area contributed by atoms with Gasteiger partial charge in [-0.25, -0.2) is 0 Å². The Hall–Kier alpha value is -2.22. The summed E-state index contributed by atoms with van der Waals surface area (Å²) in [5.41, 5.74) is 1.18. The van der Waals surface area contributed by atoms with Crippen LogP contribution in [-0.2, 0) is 11.2 Å². The molecular formula is C13H17N2O3+. The van der Waals surface area contributed by atoms with Crippen LogP contribution in [0.15, 0.2) is 46.6 Å². The minimum absolute atomic E-state index is 0.254. The van der Waals surface area contributed by atoms with Crippen molar-refractivity contribution in [2.45, 2.75) is 26.2 Å². The Morgan fingerprint density at radius 2 is 2.44 bits per heavy atom. The van der Waals surface area contributed by atoms with Crippen LogP contribution in [0.25, 0.3) is 4.98 Å². The molecule has 0 aromatic carbocycles. The second kappa shape index (κ2) is 7.96. The zero-order valence-corrected chi connectivity index (χ0v) is 10.4. The highest BCUT2D eigenvalue weighted by atomic mass is 16.6. The second-order valence-corrected chi connectivity index (χ2v) is 3.88. The lowest BCUT2D eigenvalue weighted by atomic mass is 10.1. The summed E-state index contributed by atoms with van der Waals surface area (Å²) in [5.74, 6) is 0.585. The van der Waals surface area contributed by atoms with Crippen LogP contribution >= 0.6 is 0 Å². The summed E-state index contributed by atoms with van der Waals surface area (Å²) in [6, 6.07) is 3.84. The molecule has 96 valence electrons. The number of aryl methyl sites for hydroxylation is 1. The quantitative estimate of drug-likeness (QED) is 0.453. The third-order valence-electron chi connectivity index (χ3n) is 2.41. The van der Waals surface area contributed by atoms with Crippen LogP contribution in [-0.4, -0.2) is 11.7 Å². The van der Waals surface area contributed by atoms with Crippen molar-refractivity contribution in [3.63, 3.8) is 0 Å². The van der Waals surface area contributed by atoms with E-state index in [0.717, 1.165) is 31.2 Å². The Balaban J connectivity index is 2.18. The number of nitrogens with zero attached hydrogens (tertiary/aromatic N) is 2. The highest BCUT2D eigenvalue weighted by molar-refractivity contribution is 5.02. The molecule has 0 bridgehead atoms. The van der Waals surface area contributed by atoms with Crippen LogP contribution in [0.2, 0.25) is 0 Å². The van der Waals surface area contributed by atoms with Gasteiger partial charge in [0.1, 0.15) is 12.4 Å². The van der Waals surface area contributed by atoms with Crippen molar-refractivity contribution in [2.24, 2.45) is 0 Å². The van der Waals surface area contributed by atoms with Crippen LogP contribution < -0.4 is 0 Å². The summed E-state index contributed by atoms with van der Waals surface area (Å²) < 4.78 is 10.1. The van der Waals surface area contributed by atoms with Gasteiger partial charge in [0, 0.05) is 6.42 Å². The largest absolute Gasteiger partial charge is 0.476 e. The zero-order chi connectivity index (χ0) is 13.2. The fraction of sp³-hybridized carbons (Fsp3) is 0.385. The van der Waals surface area contributed by atoms with Gasteiger partial charge in [-0.3, -0.25) is 0 Å². The summed E-state index contributed by atoms with van der Waals surface area (Å²) in [6.07, 6.45) is 7.24. The summed E-state index contributed by atoms with van der Waals surface area (Å²) in [5, 5.41) is 17.1. The van der Waals surface area contributed by atoms with Gasteiger partial charge in [0.05, 0.1) is 6.26 Å². The smallest absolute Gasteiger partial charge is 0.429 e. The van der Waals surface area contributed by atoms with E-state index in [1.165, 1.54) is 5.57 Å². The molecule has 1 heterocycles. The van der Waals surface area contributed by atoms with Crippen molar-refractivity contribution in [1.82, 2.24) is 0 Å². The maximum Gasteiger partial charge on any atom is 0.429 e. The van der Waals surface area contributed by atoms with Crippen molar-refractivity contribution in [3.8, 4) is 0 Å². The summed E-state index contributed by atoms with van der Waals surface area (Å²) in [6.45, 7) is 2.26. The number of aliphatic hydroxyl groups is 1. The van der Waals surface area contributed by atoms with E-state index in [2.05, 4.69) is 4.98 Å². The van der Waals surface area contributed by atoms with Gasteiger partial charge in [0.2, 0.25) is 5.39 Å². The SMILES string of the molecule is C/C(=C/CO/C(O)=C/[N+]#N)CCCc1ccco1. The monoisotopic (exact) mass is 249 g/mol. The third-order valence-corrected chi connectivity index (χ3v) is 2.41. The molecule has 0 spiro atoms. The molecule has 0 radical (unpaired) electrons. The van der Waals surface area contributed by atoms with E-state index in [-0.39, 0.29) is 6.61 Å². The van der Waals surface area contributed by atoms with Gasteiger partial charge in [0.25, 0.3) is 0 Å². The van der Waals surface area contributed by atoms with Gasteiger partial charge >= 0.3 is 12.1 Å². The summed E-state index contributed by atoms with van der Waals surface area (Å²) in [7, 11) is 0. The first-order valence-electron chi connectivity index (χ1n) is 5.76. The Kier molecular flexibility index (Phi) is 6.12. The molecule has 0 aliphatic carbocycles. The number of allylic oxidation sites excluding steroid dienone is 1. The maximum absolute atomic E-state index is 9.01. The van der Waals surface area contributed by atoms with Crippen molar-refractivity contribution in [3.05, 3.63) is 52.9 Å². The van der Waals surface area contributed by atoms with Gasteiger partial charge in [0.15, 0.2) is 4.98 Å². The molecule has 18 heavy (non-hydrogen) atoms. The molecule has 1 rings (SSSR count). The normalized spacial score (nSPS) is 12.2. The minimum atomic E-state index is -0.405. The molecule has 1 aromatic rings. The lowest BCUT2D eigenvalue weighted by Crippen LogP contribution is -1.92. The number of ether oxygens (including phenoxy) is 1. The van der Waals surface area contributed by atoms with Gasteiger partial charge in [-0.2, -0.15) is 0 Å². The Bertz CT molecular complexity index is 441. The predicted molar refractivity (Wildman–Crippen MR) is 67.2 cm³/mol. The van der Waals surface area contributed by atoms with Crippen LogP contribution in [0.1, 0.15) is 25.5 Å². The first-order chi connectivity index (χ1) is 8.72. The lowest BCUT2D eigenvalue weighted by molar-refractivity contribution is 0.112. The number of aliphatic hydroxyl groups excluding tert-OH is 1. The first kappa shape index (κ1) is 13.8. The van der Waals surface area contributed by atoms with Crippen molar-refractivity contribution >= 4 is 0 Å². The van der Waals surface area contributed by atoms with Gasteiger partial charge in [-0.15, -0.1) is 0 Å². The molecule has 0 atom stereocenters. The predicted octanol–water partition coefficient (Wildman–Crippen LogP) is 3.78. The van der Waals surface area contributed by atoms with Crippen LogP contribution in [0, 0.1) is 5.39 Å². The average molecular weight is 249 g/mol. The molecule has 1 N–H and O–H groups in total. The molecule has 0 saturated carbocycles. The maximum atomic E-state index is 9.01. The van der Waals surface area contributed by atoms with E-state index in [9.17, 15) is 0 Å². The van der Waals surface area contributed by atoms with E-state index in [4.69, 9.17) is 19.7 Å². The van der Waals surface area contributed by atoms with Gasteiger partial charge in [-0.05, 0) is 38.0 Å². The summed E-state index contributed by atoms with van der Waals surface area (Å²) >= 11 is 0. The zero-order valence-electron chi connectivity index (χ0n) is 10.4. The molecule has 0 amide bonds. The van der Waals surface area contributed by atoms with Crippen molar-refractivity contribution in [1.29, 1.82) is 5.39 Å². The van der Waals surface area contributed by atoms with Gasteiger partial charge < -0.3 is 14.3 Å². The Labute approximate surface area is 106 Å². The molecule has 5 nitrogen and oxygen atoms in total. The number of diazo groups is 1.